The Balaban J connectivity index is 2.20. The molecule has 116 valence electrons. The van der Waals surface area contributed by atoms with Gasteiger partial charge in [-0.3, -0.25) is 9.48 Å². The highest BCUT2D eigenvalue weighted by Gasteiger charge is 2.25. The molecule has 0 saturated heterocycles. The Kier molecular flexibility index (Phi) is 4.60. The van der Waals surface area contributed by atoms with Gasteiger partial charge in [0, 0.05) is 12.7 Å². The summed E-state index contributed by atoms with van der Waals surface area (Å²) in [5.41, 5.74) is 2.23. The first kappa shape index (κ1) is 15.8. The number of carboxylic acid groups (broad SMARTS) is 1. The lowest BCUT2D eigenvalue weighted by atomic mass is 10.2. The molecule has 6 heteroatoms. The van der Waals surface area contributed by atoms with Crippen molar-refractivity contribution in [3.63, 3.8) is 0 Å². The van der Waals surface area contributed by atoms with Crippen LogP contribution in [0.3, 0.4) is 0 Å². The van der Waals surface area contributed by atoms with E-state index in [2.05, 4.69) is 5.10 Å². The second kappa shape index (κ2) is 6.43. The van der Waals surface area contributed by atoms with E-state index in [9.17, 15) is 9.59 Å². The first-order chi connectivity index (χ1) is 10.4. The van der Waals surface area contributed by atoms with Gasteiger partial charge in [-0.05, 0) is 19.4 Å². The third-order valence-corrected chi connectivity index (χ3v) is 3.77. The molecule has 0 aliphatic heterocycles. The Labute approximate surface area is 129 Å². The molecule has 1 heterocycles. The first-order valence-corrected chi connectivity index (χ1v) is 6.98. The molecule has 1 aromatic carbocycles. The summed E-state index contributed by atoms with van der Waals surface area (Å²) in [6.45, 7) is 3.85. The predicted molar refractivity (Wildman–Crippen MR) is 81.7 cm³/mol. The van der Waals surface area contributed by atoms with E-state index in [1.165, 1.54) is 25.1 Å². The van der Waals surface area contributed by atoms with E-state index in [1.807, 2.05) is 37.3 Å². The summed E-state index contributed by atoms with van der Waals surface area (Å²) in [7, 11) is 1.48. The van der Waals surface area contributed by atoms with Crippen molar-refractivity contribution in [1.82, 2.24) is 14.7 Å². The fourth-order valence-electron chi connectivity index (χ4n) is 2.10. The van der Waals surface area contributed by atoms with E-state index in [4.69, 9.17) is 5.11 Å². The number of hydrogen-bond donors (Lipinski definition) is 1. The Morgan fingerprint density at radius 2 is 1.95 bits per heavy atom. The van der Waals surface area contributed by atoms with Crippen molar-refractivity contribution in [2.24, 2.45) is 0 Å². The van der Waals surface area contributed by atoms with Crippen LogP contribution in [-0.4, -0.2) is 44.8 Å². The number of benzene rings is 1. The minimum Gasteiger partial charge on any atom is -0.480 e. The number of likely N-dealkylation sites (N-methyl/N-ethyl adjacent to an activating group) is 1. The van der Waals surface area contributed by atoms with Crippen LogP contribution < -0.4 is 0 Å². The fourth-order valence-corrected chi connectivity index (χ4v) is 2.10. The molecule has 0 aliphatic rings. The zero-order valence-corrected chi connectivity index (χ0v) is 12.9. The van der Waals surface area contributed by atoms with Crippen molar-refractivity contribution in [1.29, 1.82) is 0 Å². The molecule has 2 aromatic rings. The van der Waals surface area contributed by atoms with Gasteiger partial charge in [-0.1, -0.05) is 30.3 Å². The van der Waals surface area contributed by atoms with Crippen molar-refractivity contribution in [2.75, 3.05) is 7.05 Å². The summed E-state index contributed by atoms with van der Waals surface area (Å²) in [4.78, 5) is 24.6. The first-order valence-electron chi connectivity index (χ1n) is 6.98. The van der Waals surface area contributed by atoms with Crippen LogP contribution >= 0.6 is 0 Å². The van der Waals surface area contributed by atoms with E-state index in [-0.39, 0.29) is 5.91 Å². The molecule has 0 fully saturated rings. The molecule has 0 aliphatic carbocycles. The predicted octanol–water partition coefficient (Wildman–Crippen LogP) is 1.78. The van der Waals surface area contributed by atoms with Crippen molar-refractivity contribution in [3.05, 3.63) is 53.3 Å². The van der Waals surface area contributed by atoms with Gasteiger partial charge in [0.05, 0.1) is 18.3 Å². The summed E-state index contributed by atoms with van der Waals surface area (Å²) in [5.74, 6) is -1.38. The van der Waals surface area contributed by atoms with Crippen molar-refractivity contribution in [3.8, 4) is 0 Å². The zero-order chi connectivity index (χ0) is 16.3. The van der Waals surface area contributed by atoms with Crippen LogP contribution in [0.15, 0.2) is 36.5 Å². The number of aromatic nitrogens is 2. The Hall–Kier alpha value is -2.63. The normalized spacial score (nSPS) is 12.0. The standard InChI is InChI=1S/C16H19N3O3/c1-11-14(15(20)18(3)12(2)16(21)22)9-17-19(11)10-13-7-5-4-6-8-13/h4-9,12H,10H2,1-3H3,(H,21,22). The molecule has 1 aromatic heterocycles. The zero-order valence-electron chi connectivity index (χ0n) is 12.9. The molecule has 0 radical (unpaired) electrons. The topological polar surface area (TPSA) is 75.4 Å². The molecule has 1 amide bonds. The van der Waals surface area contributed by atoms with Gasteiger partial charge < -0.3 is 10.0 Å². The molecular formula is C16H19N3O3. The van der Waals surface area contributed by atoms with Crippen molar-refractivity contribution >= 4 is 11.9 Å². The summed E-state index contributed by atoms with van der Waals surface area (Å²) in [6.07, 6.45) is 1.49. The third-order valence-electron chi connectivity index (χ3n) is 3.77. The third kappa shape index (κ3) is 3.16. The molecule has 22 heavy (non-hydrogen) atoms. The van der Waals surface area contributed by atoms with E-state index >= 15 is 0 Å². The summed E-state index contributed by atoms with van der Waals surface area (Å²) in [5, 5.41) is 13.2. The van der Waals surface area contributed by atoms with Gasteiger partial charge in [0.1, 0.15) is 6.04 Å². The highest BCUT2D eigenvalue weighted by Crippen LogP contribution is 2.13. The number of carboxylic acids is 1. The van der Waals surface area contributed by atoms with Crippen LogP contribution in [0.5, 0.6) is 0 Å². The molecule has 0 saturated carbocycles. The number of rotatable bonds is 5. The minimum absolute atomic E-state index is 0.341. The molecule has 1 unspecified atom stereocenters. The monoisotopic (exact) mass is 301 g/mol. The Morgan fingerprint density at radius 3 is 2.55 bits per heavy atom. The lowest BCUT2D eigenvalue weighted by Crippen LogP contribution is -2.40. The van der Waals surface area contributed by atoms with E-state index < -0.39 is 12.0 Å². The van der Waals surface area contributed by atoms with Gasteiger partial charge in [-0.25, -0.2) is 4.79 Å². The largest absolute Gasteiger partial charge is 0.480 e. The average Bonchev–Trinajstić information content (AvgIpc) is 2.87. The number of carbonyl (C=O) groups excluding carboxylic acids is 1. The van der Waals surface area contributed by atoms with Gasteiger partial charge in [0.15, 0.2) is 0 Å². The van der Waals surface area contributed by atoms with Gasteiger partial charge in [0.2, 0.25) is 0 Å². The Bertz CT molecular complexity index is 679. The van der Waals surface area contributed by atoms with Crippen LogP contribution in [0.25, 0.3) is 0 Å². The lowest BCUT2D eigenvalue weighted by molar-refractivity contribution is -0.141. The van der Waals surface area contributed by atoms with Crippen molar-refractivity contribution < 1.29 is 14.7 Å². The van der Waals surface area contributed by atoms with Gasteiger partial charge in [-0.2, -0.15) is 5.10 Å². The van der Waals surface area contributed by atoms with Crippen LogP contribution in [0, 0.1) is 6.92 Å². The number of hydrogen-bond acceptors (Lipinski definition) is 3. The molecule has 6 nitrogen and oxygen atoms in total. The van der Waals surface area contributed by atoms with E-state index in [0.29, 0.717) is 12.1 Å². The van der Waals surface area contributed by atoms with Gasteiger partial charge in [-0.15, -0.1) is 0 Å². The fraction of sp³-hybridized carbons (Fsp3) is 0.312. The van der Waals surface area contributed by atoms with Crippen LogP contribution in [0.4, 0.5) is 0 Å². The quantitative estimate of drug-likeness (QED) is 0.913. The molecule has 2 rings (SSSR count). The number of carbonyl (C=O) groups is 2. The maximum atomic E-state index is 12.4. The molecular weight excluding hydrogens is 282 g/mol. The maximum Gasteiger partial charge on any atom is 0.326 e. The van der Waals surface area contributed by atoms with Gasteiger partial charge in [0.25, 0.3) is 5.91 Å². The van der Waals surface area contributed by atoms with E-state index in [0.717, 1.165) is 11.3 Å². The van der Waals surface area contributed by atoms with Crippen LogP contribution in [-0.2, 0) is 11.3 Å². The molecule has 1 atom stereocenters. The van der Waals surface area contributed by atoms with E-state index in [1.54, 1.807) is 4.68 Å². The smallest absolute Gasteiger partial charge is 0.326 e. The van der Waals surface area contributed by atoms with Crippen LogP contribution in [0.2, 0.25) is 0 Å². The molecule has 1 N–H and O–H groups in total. The SMILES string of the molecule is Cc1c(C(=O)N(C)C(C)C(=O)O)cnn1Cc1ccccc1. The molecule has 0 bridgehead atoms. The average molecular weight is 301 g/mol. The summed E-state index contributed by atoms with van der Waals surface area (Å²) in [6, 6.07) is 8.92. The number of aliphatic carboxylic acids is 1. The minimum atomic E-state index is -1.04. The number of nitrogens with zero attached hydrogens (tertiary/aromatic N) is 3. The van der Waals surface area contributed by atoms with Crippen LogP contribution in [0.1, 0.15) is 28.5 Å². The molecule has 0 spiro atoms. The second-order valence-corrected chi connectivity index (χ2v) is 5.22. The highest BCUT2D eigenvalue weighted by molar-refractivity contribution is 5.97. The number of amides is 1. The Morgan fingerprint density at radius 1 is 1.32 bits per heavy atom. The lowest BCUT2D eigenvalue weighted by Gasteiger charge is -2.21. The summed E-state index contributed by atoms with van der Waals surface area (Å²) >= 11 is 0. The second-order valence-electron chi connectivity index (χ2n) is 5.22. The van der Waals surface area contributed by atoms with Crippen molar-refractivity contribution in [2.45, 2.75) is 26.4 Å². The highest BCUT2D eigenvalue weighted by atomic mass is 16.4. The van der Waals surface area contributed by atoms with Gasteiger partial charge >= 0.3 is 5.97 Å². The maximum absolute atomic E-state index is 12.4. The summed E-state index contributed by atoms with van der Waals surface area (Å²) < 4.78 is 1.74.